The molecule has 2 aromatic rings. The molecule has 0 amide bonds. The number of H-pyrrole nitrogens is 2. The molecule has 0 aliphatic carbocycles. The van der Waals surface area contributed by atoms with Crippen molar-refractivity contribution < 1.29 is 19.4 Å². The number of nitrogens with one attached hydrogen (secondary N) is 2. The zero-order chi connectivity index (χ0) is 22.6. The molecule has 2 heterocycles. The molecule has 0 saturated carbocycles. The Bertz CT molecular complexity index is 1100. The summed E-state index contributed by atoms with van der Waals surface area (Å²) in [5, 5.41) is 10.2. The van der Waals surface area contributed by atoms with Crippen LogP contribution in [-0.2, 0) is 4.74 Å². The van der Waals surface area contributed by atoms with Crippen molar-refractivity contribution in [2.45, 2.75) is 59.5 Å². The number of aromatic hydroxyl groups is 1. The number of nitrogens with zero attached hydrogens (tertiary/aromatic N) is 1. The second kappa shape index (κ2) is 9.48. The number of unbranched alkanes of at least 4 members (excludes halogenated alkanes) is 1. The lowest BCUT2D eigenvalue weighted by Crippen LogP contribution is -2.23. The quantitative estimate of drug-likeness (QED) is 0.245. The number of carbonyl (C=O) groups is 2. The highest BCUT2D eigenvalue weighted by molar-refractivity contribution is 7.71. The minimum absolute atomic E-state index is 0.0238. The monoisotopic (exact) mass is 451 g/mol. The lowest BCUT2D eigenvalue weighted by Gasteiger charge is -2.19. The van der Waals surface area contributed by atoms with Gasteiger partial charge in [0.25, 0.3) is 5.56 Å². The van der Waals surface area contributed by atoms with E-state index in [-0.39, 0.29) is 26.0 Å². The number of aromatic nitrogens is 2. The summed E-state index contributed by atoms with van der Waals surface area (Å²) >= 11 is 5.82. The Morgan fingerprint density at radius 3 is 2.53 bits per heavy atom. The van der Waals surface area contributed by atoms with Gasteiger partial charge in [0, 0.05) is 12.6 Å². The minimum Gasteiger partial charge on any atom is -0.494 e. The first-order valence-corrected chi connectivity index (χ1v) is 10.7. The predicted molar refractivity (Wildman–Crippen MR) is 119 cm³/mol. The van der Waals surface area contributed by atoms with E-state index in [1.807, 2.05) is 6.92 Å². The Morgan fingerprint density at radius 2 is 1.97 bits per heavy atom. The summed E-state index contributed by atoms with van der Waals surface area (Å²) in [6, 6.07) is 0. The molecule has 162 valence electrons. The van der Waals surface area contributed by atoms with Gasteiger partial charge in [-0.25, -0.2) is 9.79 Å². The van der Waals surface area contributed by atoms with Gasteiger partial charge in [-0.1, -0.05) is 13.3 Å². The Labute approximate surface area is 183 Å². The molecule has 8 nitrogen and oxygen atoms in total. The first-order chi connectivity index (χ1) is 13.9. The van der Waals surface area contributed by atoms with Gasteiger partial charge in [0.2, 0.25) is 5.88 Å². The number of hydrogen-bond donors (Lipinski definition) is 3. The summed E-state index contributed by atoms with van der Waals surface area (Å²) in [6.45, 7) is 8.93. The van der Waals surface area contributed by atoms with Gasteiger partial charge in [0.15, 0.2) is 10.6 Å². The molecule has 0 aliphatic heterocycles. The van der Waals surface area contributed by atoms with Crippen LogP contribution in [0.5, 0.6) is 5.88 Å². The molecule has 0 unspecified atom stereocenters. The van der Waals surface area contributed by atoms with Crippen LogP contribution in [0, 0.1) is 11.7 Å². The van der Waals surface area contributed by atoms with Crippen molar-refractivity contribution in [2.24, 2.45) is 4.99 Å². The number of thiophene rings is 1. The maximum atomic E-state index is 12.8. The molecule has 3 N–H and O–H groups in total. The molecule has 2 rings (SSSR count). The second-order valence-electron chi connectivity index (χ2n) is 7.69. The molecule has 0 aliphatic rings. The van der Waals surface area contributed by atoms with Crippen LogP contribution in [0.25, 0.3) is 0 Å². The van der Waals surface area contributed by atoms with Gasteiger partial charge < -0.3 is 14.8 Å². The molecular weight excluding hydrogens is 426 g/mol. The molecule has 0 atom stereocenters. The fourth-order valence-corrected chi connectivity index (χ4v) is 3.86. The van der Waals surface area contributed by atoms with E-state index in [1.54, 1.807) is 27.7 Å². The van der Waals surface area contributed by atoms with Crippen molar-refractivity contribution in [2.75, 3.05) is 0 Å². The fourth-order valence-electron chi connectivity index (χ4n) is 2.63. The van der Waals surface area contributed by atoms with E-state index in [4.69, 9.17) is 17.0 Å². The molecule has 0 aromatic carbocycles. The van der Waals surface area contributed by atoms with Gasteiger partial charge in [-0.15, -0.1) is 11.3 Å². The van der Waals surface area contributed by atoms with Crippen LogP contribution in [0.4, 0.5) is 5.00 Å². The summed E-state index contributed by atoms with van der Waals surface area (Å²) < 4.78 is 5.42. The molecule has 0 fully saturated rings. The van der Waals surface area contributed by atoms with E-state index < -0.39 is 23.0 Å². The summed E-state index contributed by atoms with van der Waals surface area (Å²) in [5.74, 6) is -1.12. The lowest BCUT2D eigenvalue weighted by atomic mass is 10.0. The molecule has 30 heavy (non-hydrogen) atoms. The number of aromatic amines is 2. The Morgan fingerprint density at radius 1 is 1.30 bits per heavy atom. The smallest absolute Gasteiger partial charge is 0.349 e. The minimum atomic E-state index is -0.690. The average molecular weight is 452 g/mol. The van der Waals surface area contributed by atoms with Crippen molar-refractivity contribution in [3.05, 3.63) is 36.7 Å². The summed E-state index contributed by atoms with van der Waals surface area (Å²) in [6.07, 6.45) is 3.00. The Hall–Kier alpha value is -2.59. The van der Waals surface area contributed by atoms with E-state index in [0.29, 0.717) is 24.0 Å². The van der Waals surface area contributed by atoms with E-state index >= 15 is 0 Å². The molecule has 2 aromatic heterocycles. The number of rotatable bonds is 7. The zero-order valence-corrected chi connectivity index (χ0v) is 19.2. The van der Waals surface area contributed by atoms with E-state index in [9.17, 15) is 19.5 Å². The summed E-state index contributed by atoms with van der Waals surface area (Å²) in [7, 11) is 0. The maximum Gasteiger partial charge on any atom is 0.349 e. The highest BCUT2D eigenvalue weighted by Crippen LogP contribution is 2.37. The van der Waals surface area contributed by atoms with E-state index in [2.05, 4.69) is 15.0 Å². The molecule has 0 bridgehead atoms. The number of carbonyl (C=O) groups excluding carboxylic acids is 2. The van der Waals surface area contributed by atoms with Gasteiger partial charge in [-0.3, -0.25) is 14.6 Å². The van der Waals surface area contributed by atoms with Crippen molar-refractivity contribution >= 4 is 46.5 Å². The van der Waals surface area contributed by atoms with Crippen LogP contribution in [0.1, 0.15) is 78.1 Å². The number of ketones is 1. The summed E-state index contributed by atoms with van der Waals surface area (Å²) in [4.78, 5) is 46.8. The van der Waals surface area contributed by atoms with Crippen molar-refractivity contribution in [1.82, 2.24) is 9.97 Å². The highest BCUT2D eigenvalue weighted by Gasteiger charge is 2.27. The number of hydrogen-bond acceptors (Lipinski definition) is 8. The van der Waals surface area contributed by atoms with Crippen LogP contribution in [0.2, 0.25) is 0 Å². The van der Waals surface area contributed by atoms with Crippen molar-refractivity contribution in [3.8, 4) is 5.88 Å². The van der Waals surface area contributed by atoms with Crippen LogP contribution in [-0.4, -0.2) is 38.6 Å². The SMILES string of the molecule is CCCCC(=O)c1c(N=Cc2c(O)[nH]c(=S)[nH]c2=O)sc(C(=O)OC(C)(C)C)c1C. The third kappa shape index (κ3) is 5.73. The van der Waals surface area contributed by atoms with Gasteiger partial charge in [0.05, 0.1) is 5.56 Å². The Kier molecular flexibility index (Phi) is 7.49. The number of esters is 1. The fraction of sp³-hybridized carbons (Fsp3) is 0.450. The van der Waals surface area contributed by atoms with Crippen LogP contribution in [0.15, 0.2) is 9.79 Å². The van der Waals surface area contributed by atoms with Gasteiger partial charge >= 0.3 is 5.97 Å². The van der Waals surface area contributed by atoms with E-state index in [0.717, 1.165) is 24.0 Å². The summed E-state index contributed by atoms with van der Waals surface area (Å²) in [5.41, 5.74) is -0.636. The molecule has 10 heteroatoms. The number of ether oxygens (including phenoxy) is 1. The highest BCUT2D eigenvalue weighted by atomic mass is 32.1. The third-order valence-corrected chi connectivity index (χ3v) is 5.40. The zero-order valence-electron chi connectivity index (χ0n) is 17.5. The van der Waals surface area contributed by atoms with Crippen LogP contribution < -0.4 is 5.56 Å². The van der Waals surface area contributed by atoms with Gasteiger partial charge in [-0.2, -0.15) is 0 Å². The number of aliphatic imine (C=N–C) groups is 1. The second-order valence-corrected chi connectivity index (χ2v) is 9.10. The lowest BCUT2D eigenvalue weighted by molar-refractivity contribution is 0.00745. The van der Waals surface area contributed by atoms with Gasteiger partial charge in [-0.05, 0) is 51.9 Å². The molecular formula is C20H25N3O5S2. The molecule has 0 saturated heterocycles. The van der Waals surface area contributed by atoms with Gasteiger partial charge in [0.1, 0.15) is 21.0 Å². The number of Topliss-reactive ketones (excluding diaryl/α,β-unsaturated/α-hetero) is 1. The van der Waals surface area contributed by atoms with Crippen molar-refractivity contribution in [1.29, 1.82) is 0 Å². The van der Waals surface area contributed by atoms with Crippen LogP contribution >= 0.6 is 23.6 Å². The first-order valence-electron chi connectivity index (χ1n) is 9.44. The first kappa shape index (κ1) is 23.7. The third-order valence-electron chi connectivity index (χ3n) is 4.02. The predicted octanol–water partition coefficient (Wildman–Crippen LogP) is 4.59. The van der Waals surface area contributed by atoms with E-state index in [1.165, 1.54) is 0 Å². The maximum absolute atomic E-state index is 12.8. The normalized spacial score (nSPS) is 11.8. The van der Waals surface area contributed by atoms with Crippen LogP contribution in [0.3, 0.4) is 0 Å². The molecule has 0 radical (unpaired) electrons. The largest absolute Gasteiger partial charge is 0.494 e. The molecule has 0 spiro atoms. The topological polar surface area (TPSA) is 125 Å². The standard InChI is InChI=1S/C20H25N3O5S2/c1-6-7-8-12(24)13-10(2)14(18(27)28-20(3,4)5)30-17(13)21-9-11-15(25)22-19(29)23-16(11)26/h9H,6-8H2,1-5H3,(H3,22,23,25,26,29). The average Bonchev–Trinajstić information content (AvgIpc) is 2.94. The van der Waals surface area contributed by atoms with Crippen molar-refractivity contribution in [3.63, 3.8) is 0 Å². The Balaban J connectivity index is 2.55.